The Labute approximate surface area is 71.3 Å². The van der Waals surface area contributed by atoms with Crippen LogP contribution in [-0.4, -0.2) is 4.98 Å². The quantitative estimate of drug-likeness (QED) is 0.678. The summed E-state index contributed by atoms with van der Waals surface area (Å²) in [6, 6.07) is 5.41. The first kappa shape index (κ1) is 9.89. The van der Waals surface area contributed by atoms with Crippen molar-refractivity contribution in [1.82, 2.24) is 4.98 Å². The minimum absolute atomic E-state index is 0. The number of nitriles is 1. The minimum Gasteiger partial charge on any atom is -0.326 e. The Morgan fingerprint density at radius 2 is 2.36 bits per heavy atom. The number of aromatic nitrogens is 1. The minimum atomic E-state index is 0. The molecule has 0 aliphatic carbocycles. The number of rotatable bonds is 1. The lowest BCUT2D eigenvalue weighted by Crippen LogP contribution is -1.96. The summed E-state index contributed by atoms with van der Waals surface area (Å²) in [5, 5.41) is 8.40. The van der Waals surface area contributed by atoms with Crippen molar-refractivity contribution in [3.63, 3.8) is 0 Å². The number of pyridine rings is 1. The number of halogens is 1. The summed E-state index contributed by atoms with van der Waals surface area (Å²) in [4.78, 5) is 3.79. The van der Waals surface area contributed by atoms with Crippen LogP contribution >= 0.6 is 12.4 Å². The molecular weight excluding hydrogens is 162 g/mol. The maximum absolute atomic E-state index is 8.40. The molecule has 0 saturated carbocycles. The van der Waals surface area contributed by atoms with Crippen molar-refractivity contribution < 1.29 is 0 Å². The molecule has 0 atom stereocenters. The van der Waals surface area contributed by atoms with Crippen molar-refractivity contribution in [2.45, 2.75) is 6.54 Å². The summed E-state index contributed by atoms with van der Waals surface area (Å²) < 4.78 is 0. The first-order valence-electron chi connectivity index (χ1n) is 2.92. The zero-order valence-electron chi connectivity index (χ0n) is 5.82. The van der Waals surface area contributed by atoms with Crippen LogP contribution in [0.2, 0.25) is 0 Å². The first-order valence-corrected chi connectivity index (χ1v) is 2.92. The standard InChI is InChI=1S/C7H7N3.ClH/c8-4-6-1-2-10-7(3-6)5-9;/h1-3H,4,8H2;1H. The number of hydrogen-bond acceptors (Lipinski definition) is 3. The lowest BCUT2D eigenvalue weighted by Gasteiger charge is -1.93. The maximum atomic E-state index is 8.40. The average molecular weight is 170 g/mol. The summed E-state index contributed by atoms with van der Waals surface area (Å²) in [6.07, 6.45) is 1.58. The Balaban J connectivity index is 0.000001000. The highest BCUT2D eigenvalue weighted by molar-refractivity contribution is 5.85. The van der Waals surface area contributed by atoms with Gasteiger partial charge in [0.05, 0.1) is 0 Å². The molecular formula is C7H8ClN3. The van der Waals surface area contributed by atoms with E-state index in [1.54, 1.807) is 18.3 Å². The van der Waals surface area contributed by atoms with Gasteiger partial charge in [-0.25, -0.2) is 4.98 Å². The monoisotopic (exact) mass is 169 g/mol. The lowest BCUT2D eigenvalue weighted by atomic mass is 10.2. The summed E-state index contributed by atoms with van der Waals surface area (Å²) in [5.41, 5.74) is 6.69. The highest BCUT2D eigenvalue weighted by Gasteiger charge is 1.91. The Kier molecular flexibility index (Phi) is 4.20. The van der Waals surface area contributed by atoms with Gasteiger partial charge in [0.25, 0.3) is 0 Å². The van der Waals surface area contributed by atoms with Crippen LogP contribution in [-0.2, 0) is 6.54 Å². The van der Waals surface area contributed by atoms with Crippen LogP contribution in [0.4, 0.5) is 0 Å². The second-order valence-electron chi connectivity index (χ2n) is 1.87. The van der Waals surface area contributed by atoms with Crippen LogP contribution in [0.1, 0.15) is 11.3 Å². The molecule has 1 heterocycles. The summed E-state index contributed by atoms with van der Waals surface area (Å²) in [5.74, 6) is 0. The Morgan fingerprint density at radius 1 is 1.64 bits per heavy atom. The molecule has 0 bridgehead atoms. The van der Waals surface area contributed by atoms with Gasteiger partial charge in [-0.3, -0.25) is 0 Å². The molecule has 1 aromatic rings. The summed E-state index contributed by atoms with van der Waals surface area (Å²) in [6.45, 7) is 0.456. The molecule has 0 unspecified atom stereocenters. The number of hydrogen-bond donors (Lipinski definition) is 1. The van der Waals surface area contributed by atoms with Crippen molar-refractivity contribution in [3.05, 3.63) is 29.6 Å². The fraction of sp³-hybridized carbons (Fsp3) is 0.143. The van der Waals surface area contributed by atoms with E-state index in [9.17, 15) is 0 Å². The van der Waals surface area contributed by atoms with Crippen molar-refractivity contribution >= 4 is 12.4 Å². The molecule has 0 spiro atoms. The van der Waals surface area contributed by atoms with Crippen LogP contribution < -0.4 is 5.73 Å². The van der Waals surface area contributed by atoms with Gasteiger partial charge >= 0.3 is 0 Å². The third-order valence-corrected chi connectivity index (χ3v) is 1.17. The van der Waals surface area contributed by atoms with Crippen LogP contribution in [0.3, 0.4) is 0 Å². The number of nitrogens with two attached hydrogens (primary N) is 1. The van der Waals surface area contributed by atoms with Gasteiger partial charge in [0.2, 0.25) is 0 Å². The van der Waals surface area contributed by atoms with Crippen LogP contribution in [0.25, 0.3) is 0 Å². The van der Waals surface area contributed by atoms with Crippen molar-refractivity contribution in [2.24, 2.45) is 5.73 Å². The SMILES string of the molecule is Cl.N#Cc1cc(CN)ccn1. The Hall–Kier alpha value is -1.11. The van der Waals surface area contributed by atoms with E-state index in [0.717, 1.165) is 5.56 Å². The molecule has 0 radical (unpaired) electrons. The molecule has 4 heteroatoms. The van der Waals surface area contributed by atoms with E-state index < -0.39 is 0 Å². The van der Waals surface area contributed by atoms with Crippen LogP contribution in [0, 0.1) is 11.3 Å². The molecule has 0 aliphatic heterocycles. The third kappa shape index (κ3) is 2.54. The second-order valence-corrected chi connectivity index (χ2v) is 1.87. The van der Waals surface area contributed by atoms with E-state index in [-0.39, 0.29) is 12.4 Å². The molecule has 2 N–H and O–H groups in total. The molecule has 0 fully saturated rings. The smallest absolute Gasteiger partial charge is 0.140 e. The van der Waals surface area contributed by atoms with E-state index in [1.807, 2.05) is 6.07 Å². The average Bonchev–Trinajstić information content (AvgIpc) is 2.05. The Bertz CT molecular complexity index is 267. The first-order chi connectivity index (χ1) is 4.86. The van der Waals surface area contributed by atoms with E-state index in [4.69, 9.17) is 11.0 Å². The maximum Gasteiger partial charge on any atom is 0.140 e. The Morgan fingerprint density at radius 3 is 2.91 bits per heavy atom. The van der Waals surface area contributed by atoms with Gasteiger partial charge < -0.3 is 5.73 Å². The highest BCUT2D eigenvalue weighted by atomic mass is 35.5. The van der Waals surface area contributed by atoms with Gasteiger partial charge in [0.1, 0.15) is 11.8 Å². The predicted molar refractivity (Wildman–Crippen MR) is 44.1 cm³/mol. The molecule has 1 rings (SSSR count). The zero-order chi connectivity index (χ0) is 7.40. The zero-order valence-corrected chi connectivity index (χ0v) is 6.64. The van der Waals surface area contributed by atoms with E-state index in [2.05, 4.69) is 4.98 Å². The number of nitrogens with zero attached hydrogens (tertiary/aromatic N) is 2. The van der Waals surface area contributed by atoms with E-state index in [0.29, 0.717) is 12.2 Å². The van der Waals surface area contributed by atoms with Crippen molar-refractivity contribution in [2.75, 3.05) is 0 Å². The van der Waals surface area contributed by atoms with Gasteiger partial charge in [-0.15, -0.1) is 12.4 Å². The van der Waals surface area contributed by atoms with E-state index >= 15 is 0 Å². The second kappa shape index (κ2) is 4.67. The highest BCUT2D eigenvalue weighted by Crippen LogP contribution is 1.98. The van der Waals surface area contributed by atoms with Gasteiger partial charge in [-0.1, -0.05) is 0 Å². The topological polar surface area (TPSA) is 62.7 Å². The van der Waals surface area contributed by atoms with Gasteiger partial charge in [-0.05, 0) is 17.7 Å². The predicted octanol–water partition coefficient (Wildman–Crippen LogP) is 0.834. The molecule has 58 valence electrons. The van der Waals surface area contributed by atoms with Gasteiger partial charge in [-0.2, -0.15) is 5.26 Å². The summed E-state index contributed by atoms with van der Waals surface area (Å²) in [7, 11) is 0. The molecule has 1 aromatic heterocycles. The van der Waals surface area contributed by atoms with E-state index in [1.165, 1.54) is 0 Å². The fourth-order valence-corrected chi connectivity index (χ4v) is 0.662. The van der Waals surface area contributed by atoms with Crippen LogP contribution in [0.15, 0.2) is 18.3 Å². The fourth-order valence-electron chi connectivity index (χ4n) is 0.662. The summed E-state index contributed by atoms with van der Waals surface area (Å²) >= 11 is 0. The normalized spacial score (nSPS) is 8.00. The third-order valence-electron chi connectivity index (χ3n) is 1.17. The van der Waals surface area contributed by atoms with Crippen molar-refractivity contribution in [3.8, 4) is 6.07 Å². The van der Waals surface area contributed by atoms with Gasteiger partial charge in [0, 0.05) is 12.7 Å². The molecule has 0 saturated heterocycles. The molecule has 0 amide bonds. The lowest BCUT2D eigenvalue weighted by molar-refractivity contribution is 1.05. The molecule has 0 aromatic carbocycles. The molecule has 3 nitrogen and oxygen atoms in total. The molecule has 11 heavy (non-hydrogen) atoms. The molecule has 0 aliphatic rings. The van der Waals surface area contributed by atoms with Crippen molar-refractivity contribution in [1.29, 1.82) is 5.26 Å². The van der Waals surface area contributed by atoms with Gasteiger partial charge in [0.15, 0.2) is 0 Å². The van der Waals surface area contributed by atoms with Crippen LogP contribution in [0.5, 0.6) is 0 Å². The largest absolute Gasteiger partial charge is 0.326 e.